The summed E-state index contributed by atoms with van der Waals surface area (Å²) in [5.74, 6) is 3.32. The Balaban J connectivity index is 1.74. The van der Waals surface area contributed by atoms with Crippen LogP contribution in [0.25, 0.3) is 34.4 Å². The highest BCUT2D eigenvalue weighted by Crippen LogP contribution is 2.40. The summed E-state index contributed by atoms with van der Waals surface area (Å²) < 4.78 is 22.9. The first-order valence-electron chi connectivity index (χ1n) is 12.0. The van der Waals surface area contributed by atoms with Crippen molar-refractivity contribution in [3.63, 3.8) is 0 Å². The summed E-state index contributed by atoms with van der Waals surface area (Å²) in [6.45, 7) is 0. The van der Waals surface area contributed by atoms with Crippen molar-refractivity contribution in [2.75, 3.05) is 28.4 Å². The second kappa shape index (κ2) is 10.2. The molecule has 4 aromatic rings. The number of aryl methyl sites for hydroxylation is 2. The average molecular weight is 479 g/mol. The van der Waals surface area contributed by atoms with Gasteiger partial charge in [-0.05, 0) is 83.1 Å². The van der Waals surface area contributed by atoms with E-state index in [1.165, 1.54) is 11.1 Å². The largest absolute Gasteiger partial charge is 0.497 e. The van der Waals surface area contributed by atoms with Gasteiger partial charge in [0.25, 0.3) is 0 Å². The molecule has 6 rings (SSSR count). The molecule has 0 radical (unpaired) electrons. The standard InChI is InChI=1S/C32H30O4/c1-33-25-12-14-26-24(20-25)11-7-22-10-16-31(35-3)29(18-22)28-17-21(9-15-30(28)34-2)5-6-23-8-13-27(26)32(19-23)36-4/h5-6,8-10,12-20H,7,11H2,1-4H3/b6-5-. The minimum absolute atomic E-state index is 0.810. The Bertz CT molecular complexity index is 1430. The van der Waals surface area contributed by atoms with E-state index in [1.807, 2.05) is 18.2 Å². The van der Waals surface area contributed by atoms with E-state index in [0.29, 0.717) is 0 Å². The van der Waals surface area contributed by atoms with Gasteiger partial charge >= 0.3 is 0 Å². The minimum Gasteiger partial charge on any atom is -0.497 e. The molecule has 0 spiro atoms. The van der Waals surface area contributed by atoms with Gasteiger partial charge in [0.2, 0.25) is 0 Å². The van der Waals surface area contributed by atoms with Crippen LogP contribution in [-0.4, -0.2) is 28.4 Å². The van der Waals surface area contributed by atoms with Crippen LogP contribution in [0, 0.1) is 0 Å². The normalized spacial score (nSPS) is 13.0. The summed E-state index contributed by atoms with van der Waals surface area (Å²) >= 11 is 0. The molecule has 0 unspecified atom stereocenters. The van der Waals surface area contributed by atoms with E-state index in [1.54, 1.807) is 28.4 Å². The molecule has 6 bridgehead atoms. The maximum absolute atomic E-state index is 5.83. The molecule has 4 nitrogen and oxygen atoms in total. The number of methoxy groups -OCH3 is 4. The molecule has 0 amide bonds. The van der Waals surface area contributed by atoms with Gasteiger partial charge in [-0.2, -0.15) is 0 Å². The molecular formula is C32H30O4. The van der Waals surface area contributed by atoms with E-state index in [0.717, 1.165) is 69.2 Å². The molecule has 4 aromatic carbocycles. The van der Waals surface area contributed by atoms with Crippen molar-refractivity contribution in [1.29, 1.82) is 0 Å². The molecule has 182 valence electrons. The van der Waals surface area contributed by atoms with Crippen LogP contribution in [0.3, 0.4) is 0 Å². The van der Waals surface area contributed by atoms with Crippen LogP contribution in [0.5, 0.6) is 23.0 Å². The van der Waals surface area contributed by atoms with Crippen LogP contribution in [0.1, 0.15) is 22.3 Å². The molecule has 2 aliphatic rings. The van der Waals surface area contributed by atoms with Crippen molar-refractivity contribution in [2.24, 2.45) is 0 Å². The van der Waals surface area contributed by atoms with E-state index >= 15 is 0 Å². The molecule has 0 saturated carbocycles. The maximum atomic E-state index is 5.83. The lowest BCUT2D eigenvalue weighted by atomic mass is 9.92. The molecule has 0 heterocycles. The number of hydrogen-bond donors (Lipinski definition) is 0. The smallest absolute Gasteiger partial charge is 0.127 e. The summed E-state index contributed by atoms with van der Waals surface area (Å²) in [6.07, 6.45) is 5.92. The number of ether oxygens (including phenoxy) is 4. The SMILES string of the molecule is COc1ccc2c(c1)CCc1ccc(OC)c(c1)-c1cc(ccc1OC)/C=C\c1ccc-2c(OC)c1. The highest BCUT2D eigenvalue weighted by molar-refractivity contribution is 5.82. The number of fused-ring (bicyclic) bond motifs is 3. The fourth-order valence-electron chi connectivity index (χ4n) is 4.83. The zero-order chi connectivity index (χ0) is 25.1. The van der Waals surface area contributed by atoms with Crippen LogP contribution >= 0.6 is 0 Å². The van der Waals surface area contributed by atoms with Gasteiger partial charge in [0, 0.05) is 16.7 Å². The van der Waals surface area contributed by atoms with Gasteiger partial charge in [-0.15, -0.1) is 0 Å². The van der Waals surface area contributed by atoms with Gasteiger partial charge < -0.3 is 18.9 Å². The van der Waals surface area contributed by atoms with Crippen LogP contribution in [0.15, 0.2) is 72.8 Å². The molecule has 0 aliphatic heterocycles. The second-order valence-electron chi connectivity index (χ2n) is 8.81. The first-order valence-corrected chi connectivity index (χ1v) is 12.0. The second-order valence-corrected chi connectivity index (χ2v) is 8.81. The Morgan fingerprint density at radius 2 is 1.11 bits per heavy atom. The van der Waals surface area contributed by atoms with E-state index in [9.17, 15) is 0 Å². The summed E-state index contributed by atoms with van der Waals surface area (Å²) in [7, 11) is 6.84. The number of benzene rings is 4. The molecule has 0 saturated heterocycles. The van der Waals surface area contributed by atoms with Crippen molar-refractivity contribution in [1.82, 2.24) is 0 Å². The Labute approximate surface area is 212 Å². The van der Waals surface area contributed by atoms with E-state index in [2.05, 4.69) is 66.7 Å². The predicted molar refractivity (Wildman–Crippen MR) is 146 cm³/mol. The van der Waals surface area contributed by atoms with E-state index in [-0.39, 0.29) is 0 Å². The van der Waals surface area contributed by atoms with Crippen molar-refractivity contribution in [3.8, 4) is 45.3 Å². The summed E-state index contributed by atoms with van der Waals surface area (Å²) in [5, 5.41) is 0. The van der Waals surface area contributed by atoms with Crippen LogP contribution in [0.2, 0.25) is 0 Å². The van der Waals surface area contributed by atoms with Crippen molar-refractivity contribution >= 4 is 12.2 Å². The summed E-state index contributed by atoms with van der Waals surface area (Å²) in [4.78, 5) is 0. The van der Waals surface area contributed by atoms with Gasteiger partial charge in [-0.1, -0.05) is 42.5 Å². The van der Waals surface area contributed by atoms with Gasteiger partial charge in [-0.3, -0.25) is 0 Å². The van der Waals surface area contributed by atoms with E-state index in [4.69, 9.17) is 18.9 Å². The topological polar surface area (TPSA) is 36.9 Å². The Morgan fingerprint density at radius 3 is 1.83 bits per heavy atom. The summed E-state index contributed by atoms with van der Waals surface area (Å²) in [6, 6.07) is 25.2. The Morgan fingerprint density at radius 1 is 0.472 bits per heavy atom. The lowest BCUT2D eigenvalue weighted by molar-refractivity contribution is 0.410. The van der Waals surface area contributed by atoms with Crippen LogP contribution in [-0.2, 0) is 12.8 Å². The molecule has 0 fully saturated rings. The fraction of sp³-hybridized carbons (Fsp3) is 0.188. The third-order valence-electron chi connectivity index (χ3n) is 6.76. The average Bonchev–Trinajstić information content (AvgIpc) is 2.93. The number of hydrogen-bond acceptors (Lipinski definition) is 4. The monoisotopic (exact) mass is 478 g/mol. The van der Waals surface area contributed by atoms with Gasteiger partial charge in [0.1, 0.15) is 23.0 Å². The first-order chi connectivity index (χ1) is 17.6. The van der Waals surface area contributed by atoms with Gasteiger partial charge in [0.15, 0.2) is 0 Å². The fourth-order valence-corrected chi connectivity index (χ4v) is 4.83. The molecular weight excluding hydrogens is 448 g/mol. The highest BCUT2D eigenvalue weighted by Gasteiger charge is 2.16. The molecule has 0 N–H and O–H groups in total. The molecule has 2 aliphatic carbocycles. The highest BCUT2D eigenvalue weighted by atomic mass is 16.5. The molecule has 4 heteroatoms. The first kappa shape index (κ1) is 23.6. The Hall–Kier alpha value is -4.18. The minimum atomic E-state index is 0.810. The quantitative estimate of drug-likeness (QED) is 0.308. The lowest BCUT2D eigenvalue weighted by Gasteiger charge is -2.17. The zero-order valence-corrected chi connectivity index (χ0v) is 21.1. The van der Waals surface area contributed by atoms with Crippen molar-refractivity contribution in [3.05, 3.63) is 95.1 Å². The zero-order valence-electron chi connectivity index (χ0n) is 21.1. The lowest BCUT2D eigenvalue weighted by Crippen LogP contribution is -1.99. The Kier molecular flexibility index (Phi) is 6.68. The van der Waals surface area contributed by atoms with E-state index < -0.39 is 0 Å². The van der Waals surface area contributed by atoms with Gasteiger partial charge in [-0.25, -0.2) is 0 Å². The predicted octanol–water partition coefficient (Wildman–Crippen LogP) is 7.32. The van der Waals surface area contributed by atoms with Crippen LogP contribution in [0.4, 0.5) is 0 Å². The van der Waals surface area contributed by atoms with Gasteiger partial charge in [0.05, 0.1) is 28.4 Å². The summed E-state index contributed by atoms with van der Waals surface area (Å²) in [5.41, 5.74) is 8.81. The maximum Gasteiger partial charge on any atom is 0.127 e. The van der Waals surface area contributed by atoms with Crippen molar-refractivity contribution in [2.45, 2.75) is 12.8 Å². The third-order valence-corrected chi connectivity index (χ3v) is 6.76. The van der Waals surface area contributed by atoms with Crippen LogP contribution < -0.4 is 18.9 Å². The van der Waals surface area contributed by atoms with Crippen molar-refractivity contribution < 1.29 is 18.9 Å². The molecule has 0 aromatic heterocycles. The molecule has 36 heavy (non-hydrogen) atoms. The third kappa shape index (κ3) is 4.55. The molecule has 0 atom stereocenters. The number of rotatable bonds is 4.